The minimum atomic E-state index is 0.0186. The van der Waals surface area contributed by atoms with Gasteiger partial charge in [0.25, 0.3) is 5.91 Å². The number of hydrogen-bond donors (Lipinski definition) is 1. The molecule has 6 heteroatoms. The molecule has 29 heavy (non-hydrogen) atoms. The SMILES string of the molecule is Cc1c(C(=O)N2CCCC2c2ccc(C(C)(C)C)cc2)nnn1C1CCNCC1. The van der Waals surface area contributed by atoms with E-state index in [0.717, 1.165) is 51.0 Å². The van der Waals surface area contributed by atoms with Crippen molar-refractivity contribution in [1.82, 2.24) is 25.2 Å². The standard InChI is InChI=1S/C23H33N5O/c1-16-21(25-26-28(16)19-11-13-24-14-12-19)22(29)27-15-5-6-20(27)17-7-9-18(10-8-17)23(2,3)4/h7-10,19-20,24H,5-6,11-15H2,1-4H3. The molecule has 156 valence electrons. The Morgan fingerprint density at radius 2 is 1.79 bits per heavy atom. The minimum Gasteiger partial charge on any atom is -0.330 e. The molecule has 2 aromatic rings. The molecule has 0 saturated carbocycles. The molecule has 1 aromatic heterocycles. The molecule has 0 spiro atoms. The zero-order valence-electron chi connectivity index (χ0n) is 18.1. The molecule has 6 nitrogen and oxygen atoms in total. The van der Waals surface area contributed by atoms with Crippen molar-refractivity contribution in [2.45, 2.75) is 70.9 Å². The van der Waals surface area contributed by atoms with Crippen LogP contribution in [0, 0.1) is 6.92 Å². The van der Waals surface area contributed by atoms with Gasteiger partial charge in [-0.25, -0.2) is 4.68 Å². The van der Waals surface area contributed by atoms with Crippen molar-refractivity contribution >= 4 is 5.91 Å². The molecule has 0 aliphatic carbocycles. The van der Waals surface area contributed by atoms with Crippen molar-refractivity contribution in [2.24, 2.45) is 0 Å². The molecule has 4 rings (SSSR count). The number of rotatable bonds is 3. The van der Waals surface area contributed by atoms with Crippen molar-refractivity contribution in [2.75, 3.05) is 19.6 Å². The fourth-order valence-electron chi connectivity index (χ4n) is 4.63. The first-order valence-electron chi connectivity index (χ1n) is 10.9. The number of aromatic nitrogens is 3. The lowest BCUT2D eigenvalue weighted by molar-refractivity contribution is 0.0728. The summed E-state index contributed by atoms with van der Waals surface area (Å²) in [7, 11) is 0. The molecular formula is C23H33N5O. The Morgan fingerprint density at radius 3 is 2.45 bits per heavy atom. The molecular weight excluding hydrogens is 362 g/mol. The van der Waals surface area contributed by atoms with Crippen LogP contribution in [0.25, 0.3) is 0 Å². The second-order valence-corrected chi connectivity index (χ2v) is 9.48. The molecule has 2 fully saturated rings. The first-order chi connectivity index (χ1) is 13.9. The van der Waals surface area contributed by atoms with Gasteiger partial charge in [-0.1, -0.05) is 50.3 Å². The van der Waals surface area contributed by atoms with Crippen molar-refractivity contribution in [1.29, 1.82) is 0 Å². The van der Waals surface area contributed by atoms with Gasteiger partial charge >= 0.3 is 0 Å². The fraction of sp³-hybridized carbons (Fsp3) is 0.609. The third kappa shape index (κ3) is 3.95. The summed E-state index contributed by atoms with van der Waals surface area (Å²) in [5, 5.41) is 12.0. The second kappa shape index (κ2) is 7.90. The van der Waals surface area contributed by atoms with E-state index in [-0.39, 0.29) is 17.4 Å². The lowest BCUT2D eigenvalue weighted by Crippen LogP contribution is -2.32. The number of amides is 1. The van der Waals surface area contributed by atoms with Gasteiger partial charge in [0.15, 0.2) is 5.69 Å². The highest BCUT2D eigenvalue weighted by molar-refractivity contribution is 5.93. The van der Waals surface area contributed by atoms with Gasteiger partial charge < -0.3 is 10.2 Å². The number of carbonyl (C=O) groups is 1. The van der Waals surface area contributed by atoms with E-state index in [0.29, 0.717) is 11.7 Å². The number of nitrogens with zero attached hydrogens (tertiary/aromatic N) is 4. The van der Waals surface area contributed by atoms with Gasteiger partial charge in [0.05, 0.1) is 17.8 Å². The predicted molar refractivity (Wildman–Crippen MR) is 114 cm³/mol. The molecule has 2 saturated heterocycles. The number of hydrogen-bond acceptors (Lipinski definition) is 4. The van der Waals surface area contributed by atoms with E-state index in [1.165, 1.54) is 11.1 Å². The molecule has 1 aromatic carbocycles. The smallest absolute Gasteiger partial charge is 0.276 e. The molecule has 1 N–H and O–H groups in total. The average Bonchev–Trinajstić information content (AvgIpc) is 3.34. The Morgan fingerprint density at radius 1 is 1.10 bits per heavy atom. The zero-order chi connectivity index (χ0) is 20.6. The maximum Gasteiger partial charge on any atom is 0.276 e. The van der Waals surface area contributed by atoms with Crippen molar-refractivity contribution in [3.05, 3.63) is 46.8 Å². The van der Waals surface area contributed by atoms with Crippen LogP contribution in [-0.4, -0.2) is 45.4 Å². The molecule has 2 aliphatic heterocycles. The van der Waals surface area contributed by atoms with Gasteiger partial charge in [-0.15, -0.1) is 5.10 Å². The number of carbonyl (C=O) groups excluding carboxylic acids is 1. The quantitative estimate of drug-likeness (QED) is 0.859. The fourth-order valence-corrected chi connectivity index (χ4v) is 4.63. The van der Waals surface area contributed by atoms with Gasteiger partial charge in [-0.3, -0.25) is 4.79 Å². The van der Waals surface area contributed by atoms with Gasteiger partial charge in [0.1, 0.15) is 0 Å². The van der Waals surface area contributed by atoms with E-state index in [1.54, 1.807) is 0 Å². The number of nitrogens with one attached hydrogen (secondary N) is 1. The monoisotopic (exact) mass is 395 g/mol. The normalized spacial score (nSPS) is 21.0. The summed E-state index contributed by atoms with van der Waals surface area (Å²) in [5.41, 5.74) is 4.08. The molecule has 2 aliphatic rings. The van der Waals surface area contributed by atoms with Crippen molar-refractivity contribution in [3.63, 3.8) is 0 Å². The Hall–Kier alpha value is -2.21. The Kier molecular flexibility index (Phi) is 5.47. The molecule has 0 bridgehead atoms. The molecule has 3 heterocycles. The number of benzene rings is 1. The van der Waals surface area contributed by atoms with Gasteiger partial charge in [-0.2, -0.15) is 0 Å². The third-order valence-corrected chi connectivity index (χ3v) is 6.46. The minimum absolute atomic E-state index is 0.0186. The van der Waals surface area contributed by atoms with E-state index in [4.69, 9.17) is 0 Å². The van der Waals surface area contributed by atoms with Crippen LogP contribution in [-0.2, 0) is 5.41 Å². The van der Waals surface area contributed by atoms with Crippen molar-refractivity contribution < 1.29 is 4.79 Å². The Balaban J connectivity index is 1.54. The van der Waals surface area contributed by atoms with E-state index >= 15 is 0 Å². The van der Waals surface area contributed by atoms with Crippen LogP contribution in [0.15, 0.2) is 24.3 Å². The van der Waals surface area contributed by atoms with Gasteiger partial charge in [0, 0.05) is 6.54 Å². The highest BCUT2D eigenvalue weighted by Crippen LogP contribution is 2.34. The third-order valence-electron chi connectivity index (χ3n) is 6.46. The summed E-state index contributed by atoms with van der Waals surface area (Å²) in [5.74, 6) is 0.0186. The average molecular weight is 396 g/mol. The second-order valence-electron chi connectivity index (χ2n) is 9.48. The van der Waals surface area contributed by atoms with Crippen LogP contribution in [0.3, 0.4) is 0 Å². The van der Waals surface area contributed by atoms with Crippen molar-refractivity contribution in [3.8, 4) is 0 Å². The van der Waals surface area contributed by atoms with E-state index < -0.39 is 0 Å². The maximum absolute atomic E-state index is 13.4. The summed E-state index contributed by atoms with van der Waals surface area (Å²) in [6, 6.07) is 9.25. The summed E-state index contributed by atoms with van der Waals surface area (Å²) >= 11 is 0. The number of piperidine rings is 1. The van der Waals surface area contributed by atoms with E-state index in [9.17, 15) is 4.79 Å². The van der Waals surface area contributed by atoms with Gasteiger partial charge in [0.2, 0.25) is 0 Å². The number of likely N-dealkylation sites (tertiary alicyclic amines) is 1. The first-order valence-corrected chi connectivity index (χ1v) is 10.9. The van der Waals surface area contributed by atoms with E-state index in [2.05, 4.69) is 60.7 Å². The zero-order valence-corrected chi connectivity index (χ0v) is 18.1. The summed E-state index contributed by atoms with van der Waals surface area (Å²) in [4.78, 5) is 15.4. The topological polar surface area (TPSA) is 63.1 Å². The molecule has 0 radical (unpaired) electrons. The highest BCUT2D eigenvalue weighted by atomic mass is 16.2. The highest BCUT2D eigenvalue weighted by Gasteiger charge is 2.34. The lowest BCUT2D eigenvalue weighted by atomic mass is 9.86. The summed E-state index contributed by atoms with van der Waals surface area (Å²) in [6.07, 6.45) is 4.09. The maximum atomic E-state index is 13.4. The molecule has 1 amide bonds. The molecule has 1 unspecified atom stereocenters. The first kappa shape index (κ1) is 20.1. The largest absolute Gasteiger partial charge is 0.330 e. The van der Waals surface area contributed by atoms with Crippen LogP contribution in [0.4, 0.5) is 0 Å². The molecule has 1 atom stereocenters. The van der Waals surface area contributed by atoms with E-state index in [1.807, 2.05) is 16.5 Å². The predicted octanol–water partition coefficient (Wildman–Crippen LogP) is 3.79. The lowest BCUT2D eigenvalue weighted by Gasteiger charge is -2.26. The van der Waals surface area contributed by atoms with Crippen LogP contribution in [0.1, 0.15) is 85.8 Å². The van der Waals surface area contributed by atoms with Crippen LogP contribution in [0.5, 0.6) is 0 Å². The van der Waals surface area contributed by atoms with Crippen LogP contribution < -0.4 is 5.32 Å². The van der Waals surface area contributed by atoms with Crippen LogP contribution >= 0.6 is 0 Å². The van der Waals surface area contributed by atoms with Crippen LogP contribution in [0.2, 0.25) is 0 Å². The Bertz CT molecular complexity index is 858. The van der Waals surface area contributed by atoms with Gasteiger partial charge in [-0.05, 0) is 62.2 Å². The summed E-state index contributed by atoms with van der Waals surface area (Å²) < 4.78 is 1.97. The Labute approximate surface area is 173 Å². The summed E-state index contributed by atoms with van der Waals surface area (Å²) in [6.45, 7) is 11.4.